The second-order valence-electron chi connectivity index (χ2n) is 7.68. The van der Waals surface area contributed by atoms with E-state index in [4.69, 9.17) is 18.9 Å². The number of carbonyl (C=O) groups is 2. The molecule has 0 spiro atoms. The number of hydrogen-bond donors (Lipinski definition) is 0. The number of methoxy groups -OCH3 is 1. The van der Waals surface area contributed by atoms with Crippen LogP contribution >= 0.6 is 0 Å². The van der Waals surface area contributed by atoms with E-state index < -0.39 is 28.4 Å². The average Bonchev–Trinajstić information content (AvgIpc) is 3.35. The van der Waals surface area contributed by atoms with E-state index >= 15 is 0 Å². The summed E-state index contributed by atoms with van der Waals surface area (Å²) >= 11 is 0. The highest BCUT2D eigenvalue weighted by molar-refractivity contribution is 7.89. The zero-order valence-electron chi connectivity index (χ0n) is 19.1. The molecule has 0 aliphatic carbocycles. The van der Waals surface area contributed by atoms with Gasteiger partial charge in [-0.3, -0.25) is 4.79 Å². The lowest BCUT2D eigenvalue weighted by Gasteiger charge is -2.19. The first kappa shape index (κ1) is 24.2. The van der Waals surface area contributed by atoms with Gasteiger partial charge in [-0.1, -0.05) is 30.3 Å². The number of rotatable bonds is 9. The van der Waals surface area contributed by atoms with Gasteiger partial charge in [0, 0.05) is 19.2 Å². The molecule has 0 amide bonds. The second kappa shape index (κ2) is 10.2. The quantitative estimate of drug-likeness (QED) is 0.327. The Morgan fingerprint density at radius 3 is 2.40 bits per heavy atom. The van der Waals surface area contributed by atoms with Crippen LogP contribution in [0.1, 0.15) is 26.3 Å². The number of benzene rings is 3. The number of ketones is 1. The topological polar surface area (TPSA) is 108 Å². The molecular weight excluding hydrogens is 474 g/mol. The number of esters is 1. The van der Waals surface area contributed by atoms with Crippen LogP contribution in [-0.4, -0.2) is 52.0 Å². The number of hydrogen-bond acceptors (Lipinski definition) is 8. The Kier molecular flexibility index (Phi) is 7.04. The lowest BCUT2D eigenvalue weighted by Crippen LogP contribution is -2.27. The predicted molar refractivity (Wildman–Crippen MR) is 125 cm³/mol. The van der Waals surface area contributed by atoms with Gasteiger partial charge in [0.05, 0.1) is 12.7 Å². The van der Waals surface area contributed by atoms with E-state index in [1.807, 2.05) is 30.3 Å². The number of sulfonamides is 1. The summed E-state index contributed by atoms with van der Waals surface area (Å²) in [5.41, 5.74) is 1.06. The van der Waals surface area contributed by atoms with Gasteiger partial charge < -0.3 is 18.9 Å². The van der Waals surface area contributed by atoms with Gasteiger partial charge in [-0.05, 0) is 42.0 Å². The molecule has 0 atom stereocenters. The molecular formula is C25H23NO8S. The monoisotopic (exact) mass is 497 g/mol. The third-order valence-corrected chi connectivity index (χ3v) is 7.19. The summed E-state index contributed by atoms with van der Waals surface area (Å²) in [5, 5.41) is 0. The highest BCUT2D eigenvalue weighted by atomic mass is 32.2. The van der Waals surface area contributed by atoms with Crippen molar-refractivity contribution in [3.05, 3.63) is 83.4 Å². The molecule has 0 saturated heterocycles. The highest BCUT2D eigenvalue weighted by Crippen LogP contribution is 2.33. The number of Topliss-reactive ketones (excluding diaryl/α,β-unsaturated/α-hetero) is 1. The summed E-state index contributed by atoms with van der Waals surface area (Å²) in [6.45, 7) is -0.323. The first-order valence-electron chi connectivity index (χ1n) is 10.6. The zero-order chi connectivity index (χ0) is 25.0. The van der Waals surface area contributed by atoms with Gasteiger partial charge in [0.15, 0.2) is 23.9 Å². The van der Waals surface area contributed by atoms with Crippen LogP contribution < -0.4 is 14.2 Å². The van der Waals surface area contributed by atoms with Crippen molar-refractivity contribution in [1.82, 2.24) is 4.31 Å². The minimum Gasteiger partial charge on any atom is -0.495 e. The molecule has 10 heteroatoms. The minimum atomic E-state index is -4.01. The standard InChI is InChI=1S/C25H23NO8S/c1-26(14-17-6-4-3-5-7-17)35(29,30)24-13-19(9-11-22(24)31-2)25(28)32-15-20(27)18-8-10-21-23(12-18)34-16-33-21/h3-13H,14-16H2,1-2H3. The van der Waals surface area contributed by atoms with Crippen molar-refractivity contribution in [2.24, 2.45) is 0 Å². The van der Waals surface area contributed by atoms with Crippen LogP contribution in [0.5, 0.6) is 17.2 Å². The average molecular weight is 498 g/mol. The van der Waals surface area contributed by atoms with E-state index in [0.717, 1.165) is 5.56 Å². The third-order valence-electron chi connectivity index (χ3n) is 5.36. The molecule has 35 heavy (non-hydrogen) atoms. The zero-order valence-corrected chi connectivity index (χ0v) is 19.9. The Balaban J connectivity index is 1.49. The Morgan fingerprint density at radius 2 is 1.66 bits per heavy atom. The van der Waals surface area contributed by atoms with Gasteiger partial charge in [-0.15, -0.1) is 0 Å². The van der Waals surface area contributed by atoms with Crippen molar-refractivity contribution in [1.29, 1.82) is 0 Å². The van der Waals surface area contributed by atoms with Crippen molar-refractivity contribution in [3.63, 3.8) is 0 Å². The summed E-state index contributed by atoms with van der Waals surface area (Å²) in [5.74, 6) is -0.239. The Morgan fingerprint density at radius 1 is 0.943 bits per heavy atom. The van der Waals surface area contributed by atoms with Crippen LogP contribution in [0.2, 0.25) is 0 Å². The maximum atomic E-state index is 13.3. The van der Waals surface area contributed by atoms with Crippen molar-refractivity contribution in [2.75, 3.05) is 27.6 Å². The van der Waals surface area contributed by atoms with Gasteiger partial charge in [0.2, 0.25) is 16.8 Å². The third kappa shape index (κ3) is 5.28. The van der Waals surface area contributed by atoms with Crippen LogP contribution in [-0.2, 0) is 21.3 Å². The lowest BCUT2D eigenvalue weighted by atomic mass is 10.1. The molecule has 0 unspecified atom stereocenters. The summed E-state index contributed by atoms with van der Waals surface area (Å²) in [4.78, 5) is 24.9. The first-order valence-corrected chi connectivity index (χ1v) is 12.0. The molecule has 1 aliphatic heterocycles. The Hall–Kier alpha value is -3.89. The van der Waals surface area contributed by atoms with E-state index in [1.165, 1.54) is 42.7 Å². The normalized spacial score (nSPS) is 12.4. The van der Waals surface area contributed by atoms with Gasteiger partial charge in [-0.25, -0.2) is 13.2 Å². The molecule has 9 nitrogen and oxygen atoms in total. The number of carbonyl (C=O) groups excluding carboxylic acids is 2. The van der Waals surface area contributed by atoms with Crippen LogP contribution in [0.4, 0.5) is 0 Å². The van der Waals surface area contributed by atoms with E-state index in [0.29, 0.717) is 17.1 Å². The molecule has 0 fully saturated rings. The molecule has 0 aromatic heterocycles. The molecule has 0 radical (unpaired) electrons. The maximum Gasteiger partial charge on any atom is 0.338 e. The first-order chi connectivity index (χ1) is 16.8. The van der Waals surface area contributed by atoms with Crippen molar-refractivity contribution >= 4 is 21.8 Å². The molecule has 0 N–H and O–H groups in total. The fraction of sp³-hybridized carbons (Fsp3) is 0.200. The largest absolute Gasteiger partial charge is 0.495 e. The van der Waals surface area contributed by atoms with E-state index in [-0.39, 0.29) is 29.5 Å². The smallest absolute Gasteiger partial charge is 0.338 e. The maximum absolute atomic E-state index is 13.3. The molecule has 0 saturated carbocycles. The van der Waals surface area contributed by atoms with E-state index in [2.05, 4.69) is 0 Å². The molecule has 0 bridgehead atoms. The SMILES string of the molecule is COc1ccc(C(=O)OCC(=O)c2ccc3c(c2)OCO3)cc1S(=O)(=O)N(C)Cc1ccccc1. The Labute approximate surface area is 202 Å². The number of fused-ring (bicyclic) bond motifs is 1. The van der Waals surface area contributed by atoms with Gasteiger partial charge >= 0.3 is 5.97 Å². The Bertz CT molecular complexity index is 1360. The van der Waals surface area contributed by atoms with E-state index in [9.17, 15) is 18.0 Å². The van der Waals surface area contributed by atoms with E-state index in [1.54, 1.807) is 12.1 Å². The minimum absolute atomic E-state index is 0.0315. The molecule has 4 rings (SSSR count). The predicted octanol–water partition coefficient (Wildman–Crippen LogP) is 3.28. The molecule has 1 heterocycles. The lowest BCUT2D eigenvalue weighted by molar-refractivity contribution is 0.0474. The van der Waals surface area contributed by atoms with Crippen LogP contribution in [0, 0.1) is 0 Å². The van der Waals surface area contributed by atoms with Gasteiger partial charge in [0.25, 0.3) is 0 Å². The van der Waals surface area contributed by atoms with Crippen LogP contribution in [0.3, 0.4) is 0 Å². The van der Waals surface area contributed by atoms with Crippen LogP contribution in [0.15, 0.2) is 71.6 Å². The van der Waals surface area contributed by atoms with Crippen molar-refractivity contribution in [3.8, 4) is 17.2 Å². The second-order valence-corrected chi connectivity index (χ2v) is 9.69. The highest BCUT2D eigenvalue weighted by Gasteiger charge is 2.27. The molecule has 3 aromatic rings. The van der Waals surface area contributed by atoms with Crippen molar-refractivity contribution in [2.45, 2.75) is 11.4 Å². The van der Waals surface area contributed by atoms with Gasteiger partial charge in [0.1, 0.15) is 10.6 Å². The molecule has 1 aliphatic rings. The van der Waals surface area contributed by atoms with Gasteiger partial charge in [-0.2, -0.15) is 4.31 Å². The fourth-order valence-electron chi connectivity index (χ4n) is 3.47. The number of ether oxygens (including phenoxy) is 4. The summed E-state index contributed by atoms with van der Waals surface area (Å²) < 4.78 is 48.5. The fourth-order valence-corrected chi connectivity index (χ4v) is 4.80. The summed E-state index contributed by atoms with van der Waals surface area (Å²) in [6, 6.07) is 17.7. The molecule has 3 aromatic carbocycles. The summed E-state index contributed by atoms with van der Waals surface area (Å²) in [6.07, 6.45) is 0. The summed E-state index contributed by atoms with van der Waals surface area (Å²) in [7, 11) is -1.23. The molecule has 182 valence electrons. The number of nitrogens with zero attached hydrogens (tertiary/aromatic N) is 1. The van der Waals surface area contributed by atoms with Crippen molar-refractivity contribution < 1.29 is 37.0 Å². The van der Waals surface area contributed by atoms with Crippen LogP contribution in [0.25, 0.3) is 0 Å².